The number of carbonyl (C=O) groups excluding carboxylic acids is 2. The summed E-state index contributed by atoms with van der Waals surface area (Å²) in [6, 6.07) is -1.30. The third kappa shape index (κ3) is 4.08. The Morgan fingerprint density at radius 3 is 2.50 bits per heavy atom. The van der Waals surface area contributed by atoms with Crippen molar-refractivity contribution in [1.82, 2.24) is 15.5 Å². The van der Waals surface area contributed by atoms with E-state index in [1.165, 1.54) is 0 Å². The number of hydrogen-bond donors (Lipinski definition) is 3. The van der Waals surface area contributed by atoms with Crippen molar-refractivity contribution in [3.05, 3.63) is 17.0 Å². The van der Waals surface area contributed by atoms with E-state index in [1.807, 2.05) is 0 Å². The highest BCUT2D eigenvalue weighted by atomic mass is 16.5. The molecule has 1 aromatic heterocycles. The lowest BCUT2D eigenvalue weighted by atomic mass is 10.1. The number of H-pyrrole nitrogens is 1. The zero-order chi connectivity index (χ0) is 15.3. The molecule has 1 rings (SSSR count). The van der Waals surface area contributed by atoms with Crippen molar-refractivity contribution in [1.29, 1.82) is 0 Å². The Kier molecular flexibility index (Phi) is 5.24. The van der Waals surface area contributed by atoms with E-state index in [1.54, 1.807) is 13.8 Å². The number of aliphatic carboxylic acids is 1. The van der Waals surface area contributed by atoms with Crippen molar-refractivity contribution >= 4 is 17.8 Å². The Balaban J connectivity index is 2.67. The van der Waals surface area contributed by atoms with Crippen LogP contribution in [0.25, 0.3) is 0 Å². The van der Waals surface area contributed by atoms with E-state index < -0.39 is 30.3 Å². The molecule has 0 aliphatic rings. The molecule has 1 amide bonds. The van der Waals surface area contributed by atoms with Crippen LogP contribution in [0, 0.1) is 13.8 Å². The van der Waals surface area contributed by atoms with Crippen LogP contribution in [0.5, 0.6) is 0 Å². The molecule has 1 atom stereocenters. The van der Waals surface area contributed by atoms with Gasteiger partial charge in [0.25, 0.3) is 0 Å². The standard InChI is InChI=1S/C12H17N3O5/c1-6-8(7(2)15-14-6)4-10(16)13-9(12(18)19)5-11(17)20-3/h9H,4-5H2,1-3H3,(H,13,16)(H,14,15)(H,18,19)/t9-/m0/s1. The van der Waals surface area contributed by atoms with Crippen molar-refractivity contribution in [3.63, 3.8) is 0 Å². The van der Waals surface area contributed by atoms with Gasteiger partial charge in [-0.3, -0.25) is 14.7 Å². The number of carbonyl (C=O) groups is 3. The zero-order valence-electron chi connectivity index (χ0n) is 11.5. The van der Waals surface area contributed by atoms with Gasteiger partial charge in [0.05, 0.1) is 25.6 Å². The average molecular weight is 283 g/mol. The Hall–Kier alpha value is -2.38. The first-order chi connectivity index (χ1) is 9.35. The first-order valence-electron chi connectivity index (χ1n) is 5.94. The minimum atomic E-state index is -1.30. The van der Waals surface area contributed by atoms with Crippen LogP contribution in [0.15, 0.2) is 0 Å². The van der Waals surface area contributed by atoms with Gasteiger partial charge in [0, 0.05) is 11.3 Å². The van der Waals surface area contributed by atoms with Crippen LogP contribution in [0.4, 0.5) is 0 Å². The number of hydrogen-bond acceptors (Lipinski definition) is 5. The Labute approximate surface area is 115 Å². The maximum atomic E-state index is 11.8. The molecule has 110 valence electrons. The lowest BCUT2D eigenvalue weighted by Crippen LogP contribution is -2.43. The smallest absolute Gasteiger partial charge is 0.326 e. The fourth-order valence-electron chi connectivity index (χ4n) is 1.69. The summed E-state index contributed by atoms with van der Waals surface area (Å²) in [4.78, 5) is 33.9. The Morgan fingerprint density at radius 2 is 2.05 bits per heavy atom. The van der Waals surface area contributed by atoms with Crippen molar-refractivity contribution in [2.75, 3.05) is 7.11 Å². The molecule has 0 aliphatic carbocycles. The maximum Gasteiger partial charge on any atom is 0.326 e. The molecule has 8 heteroatoms. The highest BCUT2D eigenvalue weighted by Gasteiger charge is 2.24. The van der Waals surface area contributed by atoms with Gasteiger partial charge in [0.2, 0.25) is 5.91 Å². The zero-order valence-corrected chi connectivity index (χ0v) is 11.5. The molecule has 0 bridgehead atoms. The van der Waals surface area contributed by atoms with Gasteiger partial charge in [-0.05, 0) is 13.8 Å². The number of nitrogens with one attached hydrogen (secondary N) is 2. The molecule has 0 unspecified atom stereocenters. The minimum absolute atomic E-state index is 0.000874. The maximum absolute atomic E-state index is 11.8. The van der Waals surface area contributed by atoms with E-state index in [2.05, 4.69) is 20.3 Å². The minimum Gasteiger partial charge on any atom is -0.480 e. The molecule has 0 radical (unpaired) electrons. The first-order valence-corrected chi connectivity index (χ1v) is 5.94. The van der Waals surface area contributed by atoms with E-state index in [0.717, 1.165) is 12.8 Å². The summed E-state index contributed by atoms with van der Waals surface area (Å²) in [6.45, 7) is 3.51. The number of nitrogens with zero attached hydrogens (tertiary/aromatic N) is 1. The molecular formula is C12H17N3O5. The van der Waals surface area contributed by atoms with Crippen LogP contribution in [-0.2, 0) is 25.5 Å². The number of rotatable bonds is 6. The lowest BCUT2D eigenvalue weighted by molar-refractivity contribution is -0.148. The van der Waals surface area contributed by atoms with Gasteiger partial charge in [-0.15, -0.1) is 0 Å². The number of carboxylic acid groups (broad SMARTS) is 1. The molecule has 0 aliphatic heterocycles. The largest absolute Gasteiger partial charge is 0.480 e. The summed E-state index contributed by atoms with van der Waals surface area (Å²) in [5.74, 6) is -2.48. The molecule has 0 spiro atoms. The van der Waals surface area contributed by atoms with E-state index in [9.17, 15) is 14.4 Å². The lowest BCUT2D eigenvalue weighted by Gasteiger charge is -2.13. The fourth-order valence-corrected chi connectivity index (χ4v) is 1.69. The second-order valence-corrected chi connectivity index (χ2v) is 4.33. The van der Waals surface area contributed by atoms with E-state index >= 15 is 0 Å². The second kappa shape index (κ2) is 6.69. The van der Waals surface area contributed by atoms with Crippen molar-refractivity contribution < 1.29 is 24.2 Å². The molecule has 8 nitrogen and oxygen atoms in total. The molecule has 0 saturated heterocycles. The van der Waals surface area contributed by atoms with Gasteiger partial charge in [-0.2, -0.15) is 5.10 Å². The number of aryl methyl sites for hydroxylation is 2. The van der Waals surface area contributed by atoms with Gasteiger partial charge in [-0.1, -0.05) is 0 Å². The van der Waals surface area contributed by atoms with Crippen LogP contribution in [0.1, 0.15) is 23.4 Å². The van der Waals surface area contributed by atoms with E-state index in [0.29, 0.717) is 11.3 Å². The predicted molar refractivity (Wildman–Crippen MR) is 68.0 cm³/mol. The topological polar surface area (TPSA) is 121 Å². The number of esters is 1. The molecule has 1 aromatic rings. The van der Waals surface area contributed by atoms with Crippen LogP contribution >= 0.6 is 0 Å². The molecule has 0 aromatic carbocycles. The predicted octanol–water partition coefficient (Wildman–Crippen LogP) is -0.298. The van der Waals surface area contributed by atoms with Crippen LogP contribution in [0.2, 0.25) is 0 Å². The number of ether oxygens (including phenoxy) is 1. The second-order valence-electron chi connectivity index (χ2n) is 4.33. The summed E-state index contributed by atoms with van der Waals surface area (Å²) in [5, 5.41) is 17.9. The number of aromatic nitrogens is 2. The van der Waals surface area contributed by atoms with Gasteiger partial charge in [0.1, 0.15) is 6.04 Å². The Bertz CT molecular complexity index is 504. The normalized spacial score (nSPS) is 11.8. The van der Waals surface area contributed by atoms with Crippen LogP contribution in [0.3, 0.4) is 0 Å². The highest BCUT2D eigenvalue weighted by Crippen LogP contribution is 2.10. The molecule has 1 heterocycles. The van der Waals surface area contributed by atoms with Crippen molar-refractivity contribution in [3.8, 4) is 0 Å². The Morgan fingerprint density at radius 1 is 1.40 bits per heavy atom. The van der Waals surface area contributed by atoms with Gasteiger partial charge >= 0.3 is 11.9 Å². The molecule has 0 saturated carbocycles. The van der Waals surface area contributed by atoms with Gasteiger partial charge < -0.3 is 15.2 Å². The third-order valence-electron chi connectivity index (χ3n) is 2.85. The summed E-state index contributed by atoms with van der Waals surface area (Å²) >= 11 is 0. The molecular weight excluding hydrogens is 266 g/mol. The molecule has 20 heavy (non-hydrogen) atoms. The third-order valence-corrected chi connectivity index (χ3v) is 2.85. The highest BCUT2D eigenvalue weighted by molar-refractivity contribution is 5.88. The number of methoxy groups -OCH3 is 1. The van der Waals surface area contributed by atoms with E-state index in [-0.39, 0.29) is 6.42 Å². The van der Waals surface area contributed by atoms with Crippen LogP contribution < -0.4 is 5.32 Å². The van der Waals surface area contributed by atoms with Gasteiger partial charge in [-0.25, -0.2) is 4.79 Å². The number of amides is 1. The van der Waals surface area contributed by atoms with Crippen molar-refractivity contribution in [2.45, 2.75) is 32.7 Å². The van der Waals surface area contributed by atoms with E-state index in [4.69, 9.17) is 5.11 Å². The SMILES string of the molecule is COC(=O)C[C@H](NC(=O)Cc1c(C)n[nH]c1C)C(=O)O. The van der Waals surface area contributed by atoms with Crippen molar-refractivity contribution in [2.24, 2.45) is 0 Å². The molecule has 3 N–H and O–H groups in total. The fraction of sp³-hybridized carbons (Fsp3) is 0.500. The number of carboxylic acids is 1. The van der Waals surface area contributed by atoms with Gasteiger partial charge in [0.15, 0.2) is 0 Å². The summed E-state index contributed by atoms with van der Waals surface area (Å²) in [5.41, 5.74) is 2.14. The average Bonchev–Trinajstić information content (AvgIpc) is 2.69. The molecule has 0 fully saturated rings. The monoisotopic (exact) mass is 283 g/mol. The summed E-state index contributed by atoms with van der Waals surface area (Å²) in [7, 11) is 1.15. The summed E-state index contributed by atoms with van der Waals surface area (Å²) in [6.07, 6.45) is -0.417. The quantitative estimate of drug-likeness (QED) is 0.616. The summed E-state index contributed by atoms with van der Waals surface area (Å²) < 4.78 is 4.39. The number of aromatic amines is 1. The first kappa shape index (κ1) is 15.7. The van der Waals surface area contributed by atoms with Crippen LogP contribution in [-0.4, -0.2) is 46.3 Å².